The molecule has 0 spiro atoms. The summed E-state index contributed by atoms with van der Waals surface area (Å²) in [7, 11) is 0. The monoisotopic (exact) mass is 288 g/mol. The van der Waals surface area contributed by atoms with Gasteiger partial charge in [-0.05, 0) is 40.0 Å². The van der Waals surface area contributed by atoms with E-state index in [0.717, 1.165) is 0 Å². The van der Waals surface area contributed by atoms with Crippen molar-refractivity contribution in [3.05, 3.63) is 28.5 Å². The number of rotatable bonds is 3. The van der Waals surface area contributed by atoms with E-state index < -0.39 is 6.04 Å². The highest BCUT2D eigenvalue weighted by atomic mass is 79.9. The fourth-order valence-electron chi connectivity index (χ4n) is 1.11. The second-order valence-corrected chi connectivity index (χ2v) is 4.74. The molecule has 1 aromatic rings. The topological polar surface area (TPSA) is 55.1 Å². The number of anilines is 1. The van der Waals surface area contributed by atoms with E-state index in [-0.39, 0.29) is 17.6 Å². The molecular formula is C11H14BrFN2O. The minimum Gasteiger partial charge on any atom is -0.324 e. The van der Waals surface area contributed by atoms with E-state index >= 15 is 0 Å². The summed E-state index contributed by atoms with van der Waals surface area (Å²) in [4.78, 5) is 11.6. The maximum atomic E-state index is 12.8. The summed E-state index contributed by atoms with van der Waals surface area (Å²) in [6.07, 6.45) is 0. The number of amides is 1. The van der Waals surface area contributed by atoms with Crippen molar-refractivity contribution < 1.29 is 9.18 Å². The Morgan fingerprint density at radius 2 is 2.12 bits per heavy atom. The predicted octanol–water partition coefficient (Wildman–Crippen LogP) is 2.51. The number of carbonyl (C=O) groups is 1. The molecule has 0 saturated heterocycles. The average Bonchev–Trinajstić information content (AvgIpc) is 2.20. The first-order valence-corrected chi connectivity index (χ1v) is 5.72. The molecule has 0 aromatic heterocycles. The molecule has 3 nitrogen and oxygen atoms in total. The van der Waals surface area contributed by atoms with Crippen LogP contribution in [0, 0.1) is 11.7 Å². The van der Waals surface area contributed by atoms with Gasteiger partial charge < -0.3 is 11.1 Å². The van der Waals surface area contributed by atoms with Gasteiger partial charge in [0, 0.05) is 4.47 Å². The van der Waals surface area contributed by atoms with Gasteiger partial charge in [0.2, 0.25) is 5.91 Å². The van der Waals surface area contributed by atoms with Crippen LogP contribution in [-0.2, 0) is 4.79 Å². The molecule has 1 aromatic carbocycles. The molecule has 3 N–H and O–H groups in total. The average molecular weight is 289 g/mol. The third-order valence-electron chi connectivity index (χ3n) is 2.21. The zero-order valence-electron chi connectivity index (χ0n) is 9.13. The zero-order valence-corrected chi connectivity index (χ0v) is 10.7. The summed E-state index contributed by atoms with van der Waals surface area (Å²) in [6.45, 7) is 3.73. The number of nitrogens with one attached hydrogen (secondary N) is 1. The Kier molecular flexibility index (Phi) is 4.44. The molecule has 0 aliphatic rings. The van der Waals surface area contributed by atoms with Crippen LogP contribution in [0.1, 0.15) is 13.8 Å². The van der Waals surface area contributed by atoms with Crippen molar-refractivity contribution in [2.24, 2.45) is 11.7 Å². The lowest BCUT2D eigenvalue weighted by Crippen LogP contribution is -2.39. The van der Waals surface area contributed by atoms with Crippen LogP contribution in [0.25, 0.3) is 0 Å². The van der Waals surface area contributed by atoms with Crippen molar-refractivity contribution in [1.82, 2.24) is 0 Å². The van der Waals surface area contributed by atoms with Crippen LogP contribution in [0.4, 0.5) is 10.1 Å². The molecule has 0 bridgehead atoms. The molecule has 0 unspecified atom stereocenters. The molecule has 1 rings (SSSR count). The molecule has 0 aliphatic heterocycles. The largest absolute Gasteiger partial charge is 0.324 e. The molecule has 0 fully saturated rings. The number of benzene rings is 1. The van der Waals surface area contributed by atoms with E-state index in [1.807, 2.05) is 13.8 Å². The lowest BCUT2D eigenvalue weighted by atomic mass is 10.1. The molecule has 16 heavy (non-hydrogen) atoms. The van der Waals surface area contributed by atoms with Gasteiger partial charge in [0.15, 0.2) is 0 Å². The van der Waals surface area contributed by atoms with Crippen LogP contribution in [0.2, 0.25) is 0 Å². The number of halogens is 2. The lowest BCUT2D eigenvalue weighted by Gasteiger charge is -2.16. The maximum Gasteiger partial charge on any atom is 0.241 e. The SMILES string of the molecule is CC(C)[C@H](N)C(=O)Nc1ccc(F)cc1Br. The molecule has 1 amide bonds. The quantitative estimate of drug-likeness (QED) is 0.898. The first-order valence-electron chi connectivity index (χ1n) is 4.93. The Balaban J connectivity index is 2.77. The summed E-state index contributed by atoms with van der Waals surface area (Å²) in [5, 5.41) is 2.64. The van der Waals surface area contributed by atoms with E-state index in [1.54, 1.807) is 0 Å². The zero-order chi connectivity index (χ0) is 12.3. The van der Waals surface area contributed by atoms with Crippen LogP contribution in [0.3, 0.4) is 0 Å². The van der Waals surface area contributed by atoms with E-state index in [1.165, 1.54) is 18.2 Å². The molecule has 0 radical (unpaired) electrons. The fourth-order valence-corrected chi connectivity index (χ4v) is 1.56. The van der Waals surface area contributed by atoms with Crippen LogP contribution >= 0.6 is 15.9 Å². The van der Waals surface area contributed by atoms with E-state index in [0.29, 0.717) is 10.2 Å². The van der Waals surface area contributed by atoms with Gasteiger partial charge in [-0.1, -0.05) is 13.8 Å². The van der Waals surface area contributed by atoms with Gasteiger partial charge in [-0.3, -0.25) is 4.79 Å². The van der Waals surface area contributed by atoms with Crippen LogP contribution in [0.5, 0.6) is 0 Å². The molecule has 0 heterocycles. The summed E-state index contributed by atoms with van der Waals surface area (Å²) in [5.41, 5.74) is 6.20. The van der Waals surface area contributed by atoms with E-state index in [4.69, 9.17) is 5.73 Å². The first kappa shape index (κ1) is 13.1. The van der Waals surface area contributed by atoms with Gasteiger partial charge >= 0.3 is 0 Å². The Bertz CT molecular complexity index is 396. The minimum atomic E-state index is -0.572. The Labute approximate surface area is 102 Å². The van der Waals surface area contributed by atoms with Gasteiger partial charge in [0.05, 0.1) is 11.7 Å². The third-order valence-corrected chi connectivity index (χ3v) is 2.87. The molecule has 0 aliphatic carbocycles. The molecule has 0 saturated carbocycles. The van der Waals surface area contributed by atoms with Gasteiger partial charge in [-0.25, -0.2) is 4.39 Å². The number of carbonyl (C=O) groups excluding carboxylic acids is 1. The van der Waals surface area contributed by atoms with E-state index in [9.17, 15) is 9.18 Å². The van der Waals surface area contributed by atoms with E-state index in [2.05, 4.69) is 21.2 Å². The highest BCUT2D eigenvalue weighted by Gasteiger charge is 2.17. The Morgan fingerprint density at radius 1 is 1.50 bits per heavy atom. The standard InChI is InChI=1S/C11H14BrFN2O/c1-6(2)10(14)11(16)15-9-4-3-7(13)5-8(9)12/h3-6,10H,14H2,1-2H3,(H,15,16)/t10-/m0/s1. The summed E-state index contributed by atoms with van der Waals surface area (Å²) < 4.78 is 13.3. The van der Waals surface area contributed by atoms with Crippen molar-refractivity contribution in [2.75, 3.05) is 5.32 Å². The van der Waals surface area contributed by atoms with Gasteiger partial charge in [0.25, 0.3) is 0 Å². The van der Waals surface area contributed by atoms with Crippen molar-refractivity contribution in [3.63, 3.8) is 0 Å². The van der Waals surface area contributed by atoms with Crippen LogP contribution < -0.4 is 11.1 Å². The van der Waals surface area contributed by atoms with Crippen molar-refractivity contribution in [2.45, 2.75) is 19.9 Å². The van der Waals surface area contributed by atoms with Gasteiger partial charge in [-0.15, -0.1) is 0 Å². The second-order valence-electron chi connectivity index (χ2n) is 3.88. The predicted molar refractivity (Wildman–Crippen MR) is 65.5 cm³/mol. The summed E-state index contributed by atoms with van der Waals surface area (Å²) in [5.74, 6) is -0.584. The number of hydrogen-bond donors (Lipinski definition) is 2. The Hall–Kier alpha value is -0.940. The highest BCUT2D eigenvalue weighted by Crippen LogP contribution is 2.23. The molecule has 88 valence electrons. The molecular weight excluding hydrogens is 275 g/mol. The molecule has 1 atom stereocenters. The first-order chi connectivity index (χ1) is 7.41. The normalized spacial score (nSPS) is 12.6. The second kappa shape index (κ2) is 5.41. The number of hydrogen-bond acceptors (Lipinski definition) is 2. The summed E-state index contributed by atoms with van der Waals surface area (Å²) in [6, 6.07) is 3.49. The fraction of sp³-hybridized carbons (Fsp3) is 0.364. The smallest absolute Gasteiger partial charge is 0.241 e. The third kappa shape index (κ3) is 3.28. The lowest BCUT2D eigenvalue weighted by molar-refractivity contribution is -0.118. The summed E-state index contributed by atoms with van der Waals surface area (Å²) >= 11 is 3.17. The van der Waals surface area contributed by atoms with Crippen LogP contribution in [0.15, 0.2) is 22.7 Å². The van der Waals surface area contributed by atoms with Crippen molar-refractivity contribution in [3.8, 4) is 0 Å². The minimum absolute atomic E-state index is 0.0548. The van der Waals surface area contributed by atoms with Crippen molar-refractivity contribution >= 4 is 27.5 Å². The molecule has 5 heteroatoms. The number of nitrogens with two attached hydrogens (primary N) is 1. The highest BCUT2D eigenvalue weighted by molar-refractivity contribution is 9.10. The van der Waals surface area contributed by atoms with Gasteiger partial charge in [0.1, 0.15) is 5.82 Å². The van der Waals surface area contributed by atoms with Crippen LogP contribution in [-0.4, -0.2) is 11.9 Å². The van der Waals surface area contributed by atoms with Crippen molar-refractivity contribution in [1.29, 1.82) is 0 Å². The van der Waals surface area contributed by atoms with Gasteiger partial charge in [-0.2, -0.15) is 0 Å². The Morgan fingerprint density at radius 3 is 2.62 bits per heavy atom. The maximum absolute atomic E-state index is 12.8.